The highest BCUT2D eigenvalue weighted by Crippen LogP contribution is 2.56. The van der Waals surface area contributed by atoms with Crippen molar-refractivity contribution in [2.45, 2.75) is 37.2 Å². The minimum atomic E-state index is -0.958. The monoisotopic (exact) mass is 316 g/mol. The maximum atomic E-state index is 11.3. The van der Waals surface area contributed by atoms with Crippen LogP contribution in [0.4, 0.5) is 5.82 Å². The summed E-state index contributed by atoms with van der Waals surface area (Å²) in [5.41, 5.74) is 6.27. The fraction of sp³-hybridized carbons (Fsp3) is 0.562. The molecular weight excluding hydrogens is 296 g/mol. The van der Waals surface area contributed by atoms with Crippen LogP contribution in [0.5, 0.6) is 0 Å². The molecule has 0 aliphatic heterocycles. The number of nitrogen functional groups attached to an aromatic ring is 1. The number of anilines is 1. The normalized spacial score (nSPS) is 33.0. The molecule has 3 N–H and O–H groups in total. The highest BCUT2D eigenvalue weighted by atomic mass is 16.4. The third-order valence-electron chi connectivity index (χ3n) is 5.53. The Labute approximate surface area is 133 Å². The van der Waals surface area contributed by atoms with Gasteiger partial charge in [-0.15, -0.1) is 0 Å². The number of aryl methyl sites for hydroxylation is 1. The Kier molecular flexibility index (Phi) is 3.09. The highest BCUT2D eigenvalue weighted by molar-refractivity contribution is 5.83. The third-order valence-corrected chi connectivity index (χ3v) is 5.53. The Morgan fingerprint density at radius 3 is 2.70 bits per heavy atom. The molecule has 2 aromatic rings. The molecular formula is C16H20N4O3. The zero-order valence-electron chi connectivity index (χ0n) is 13.0. The van der Waals surface area contributed by atoms with Gasteiger partial charge in [-0.2, -0.15) is 5.10 Å². The number of oxazole rings is 1. The molecule has 2 fully saturated rings. The lowest BCUT2D eigenvalue weighted by Gasteiger charge is -2.20. The van der Waals surface area contributed by atoms with Gasteiger partial charge in [0.2, 0.25) is 5.89 Å². The summed E-state index contributed by atoms with van der Waals surface area (Å²) in [7, 11) is 1.75. The van der Waals surface area contributed by atoms with Crippen LogP contribution in [-0.2, 0) is 12.6 Å². The molecule has 23 heavy (non-hydrogen) atoms. The van der Waals surface area contributed by atoms with Crippen LogP contribution in [-0.4, -0.2) is 26.2 Å². The number of aldehydes is 1. The largest absolute Gasteiger partial charge is 0.446 e. The number of carbonyl (C=O) groups is 1. The number of nitrogens with two attached hydrogens (primary N) is 1. The summed E-state index contributed by atoms with van der Waals surface area (Å²) in [6, 6.07) is 0. The first-order valence-electron chi connectivity index (χ1n) is 7.91. The van der Waals surface area contributed by atoms with Crippen molar-refractivity contribution < 1.29 is 14.3 Å². The number of aromatic nitrogens is 3. The van der Waals surface area contributed by atoms with E-state index in [0.29, 0.717) is 41.9 Å². The minimum Gasteiger partial charge on any atom is -0.446 e. The molecule has 0 spiro atoms. The smallest absolute Gasteiger partial charge is 0.226 e. The molecule has 2 heterocycles. The molecule has 0 amide bonds. The molecule has 0 saturated heterocycles. The van der Waals surface area contributed by atoms with E-state index < -0.39 is 5.60 Å². The van der Waals surface area contributed by atoms with Crippen LogP contribution in [0.2, 0.25) is 0 Å². The van der Waals surface area contributed by atoms with E-state index in [1.165, 1.54) is 6.26 Å². The van der Waals surface area contributed by atoms with E-state index in [-0.39, 0.29) is 5.92 Å². The first-order valence-corrected chi connectivity index (χ1v) is 7.91. The molecule has 0 radical (unpaired) electrons. The lowest BCUT2D eigenvalue weighted by Crippen LogP contribution is -2.23. The minimum absolute atomic E-state index is 0.225. The fourth-order valence-corrected chi connectivity index (χ4v) is 4.51. The van der Waals surface area contributed by atoms with Crippen LogP contribution in [0.1, 0.15) is 53.5 Å². The van der Waals surface area contributed by atoms with Crippen molar-refractivity contribution >= 4 is 12.1 Å². The average Bonchev–Trinajstić information content (AvgIpc) is 3.23. The first-order chi connectivity index (χ1) is 11.0. The number of hydrogen-bond donors (Lipinski definition) is 2. The van der Waals surface area contributed by atoms with Gasteiger partial charge in [-0.25, -0.2) is 4.98 Å². The second-order valence-corrected chi connectivity index (χ2v) is 6.89. The molecule has 7 heteroatoms. The SMILES string of the molecule is Cn1nc(C2CC3CC(O)(c4ncco4)CC3C2)c(C=O)c1N. The molecule has 2 unspecified atom stereocenters. The maximum Gasteiger partial charge on any atom is 0.226 e. The van der Waals surface area contributed by atoms with Crippen molar-refractivity contribution in [3.63, 3.8) is 0 Å². The van der Waals surface area contributed by atoms with Crippen molar-refractivity contribution in [1.82, 2.24) is 14.8 Å². The molecule has 0 bridgehead atoms. The van der Waals surface area contributed by atoms with Crippen LogP contribution in [0, 0.1) is 11.8 Å². The van der Waals surface area contributed by atoms with Crippen molar-refractivity contribution in [1.29, 1.82) is 0 Å². The van der Waals surface area contributed by atoms with Gasteiger partial charge in [0, 0.05) is 13.0 Å². The number of fused-ring (bicyclic) bond motifs is 1. The molecule has 2 aliphatic rings. The van der Waals surface area contributed by atoms with Crippen molar-refractivity contribution in [2.24, 2.45) is 18.9 Å². The van der Waals surface area contributed by atoms with Gasteiger partial charge in [0.1, 0.15) is 17.7 Å². The zero-order valence-corrected chi connectivity index (χ0v) is 13.0. The van der Waals surface area contributed by atoms with Gasteiger partial charge < -0.3 is 15.3 Å². The third kappa shape index (κ3) is 2.10. The Balaban J connectivity index is 1.55. The Hall–Kier alpha value is -2.15. The zero-order chi connectivity index (χ0) is 16.2. The molecule has 2 aromatic heterocycles. The van der Waals surface area contributed by atoms with E-state index in [0.717, 1.165) is 24.8 Å². The van der Waals surface area contributed by atoms with Gasteiger partial charge in [-0.3, -0.25) is 9.48 Å². The summed E-state index contributed by atoms with van der Waals surface area (Å²) in [5, 5.41) is 15.3. The molecule has 4 rings (SSSR count). The van der Waals surface area contributed by atoms with Gasteiger partial charge in [0.25, 0.3) is 0 Å². The molecule has 122 valence electrons. The predicted octanol–water partition coefficient (Wildman–Crippen LogP) is 1.59. The lowest BCUT2D eigenvalue weighted by molar-refractivity contribution is 0.00751. The summed E-state index contributed by atoms with van der Waals surface area (Å²) in [5.74, 6) is 1.84. The van der Waals surface area contributed by atoms with Gasteiger partial charge in [-0.1, -0.05) is 0 Å². The lowest BCUT2D eigenvalue weighted by atomic mass is 9.92. The average molecular weight is 316 g/mol. The van der Waals surface area contributed by atoms with E-state index in [4.69, 9.17) is 10.2 Å². The summed E-state index contributed by atoms with van der Waals surface area (Å²) < 4.78 is 6.88. The van der Waals surface area contributed by atoms with Crippen LogP contribution < -0.4 is 5.73 Å². The Bertz CT molecular complexity index is 723. The molecule has 2 aliphatic carbocycles. The van der Waals surface area contributed by atoms with Crippen molar-refractivity contribution in [2.75, 3.05) is 5.73 Å². The first kappa shape index (κ1) is 14.4. The fourth-order valence-electron chi connectivity index (χ4n) is 4.51. The Morgan fingerprint density at radius 1 is 1.43 bits per heavy atom. The van der Waals surface area contributed by atoms with Gasteiger partial charge in [0.05, 0.1) is 17.5 Å². The summed E-state index contributed by atoms with van der Waals surface area (Å²) >= 11 is 0. The van der Waals surface area contributed by atoms with Crippen LogP contribution in [0.15, 0.2) is 16.9 Å². The van der Waals surface area contributed by atoms with Crippen LogP contribution in [0.25, 0.3) is 0 Å². The number of hydrogen-bond acceptors (Lipinski definition) is 6. The Morgan fingerprint density at radius 2 is 2.13 bits per heavy atom. The molecule has 2 atom stereocenters. The number of rotatable bonds is 3. The molecule has 2 saturated carbocycles. The van der Waals surface area contributed by atoms with Crippen molar-refractivity contribution in [3.05, 3.63) is 29.6 Å². The second-order valence-electron chi connectivity index (χ2n) is 6.89. The number of aliphatic hydroxyl groups is 1. The van der Waals surface area contributed by atoms with Gasteiger partial charge in [0.15, 0.2) is 6.29 Å². The van der Waals surface area contributed by atoms with Crippen molar-refractivity contribution in [3.8, 4) is 0 Å². The van der Waals surface area contributed by atoms with Gasteiger partial charge >= 0.3 is 0 Å². The summed E-state index contributed by atoms with van der Waals surface area (Å²) in [6.07, 6.45) is 6.97. The standard InChI is InChI=1S/C16H20N4O3/c1-20-14(17)12(8-21)13(19-20)9-4-10-6-16(22,7-11(10)5-9)15-18-2-3-23-15/h2-3,8-11,22H,4-7,17H2,1H3. The maximum absolute atomic E-state index is 11.3. The second kappa shape index (κ2) is 4.92. The predicted molar refractivity (Wildman–Crippen MR) is 81.6 cm³/mol. The summed E-state index contributed by atoms with van der Waals surface area (Å²) in [6.45, 7) is 0. The highest BCUT2D eigenvalue weighted by Gasteiger charge is 2.52. The number of nitrogens with zero attached hydrogens (tertiary/aromatic N) is 3. The molecule has 7 nitrogen and oxygen atoms in total. The van der Waals surface area contributed by atoms with E-state index in [1.54, 1.807) is 17.9 Å². The van der Waals surface area contributed by atoms with E-state index in [1.807, 2.05) is 0 Å². The quantitative estimate of drug-likeness (QED) is 0.833. The molecule has 0 aromatic carbocycles. The number of carbonyl (C=O) groups excluding carboxylic acids is 1. The van der Waals surface area contributed by atoms with E-state index in [2.05, 4.69) is 10.1 Å². The van der Waals surface area contributed by atoms with Crippen LogP contribution >= 0.6 is 0 Å². The van der Waals surface area contributed by atoms with E-state index in [9.17, 15) is 9.90 Å². The van der Waals surface area contributed by atoms with E-state index >= 15 is 0 Å². The topological polar surface area (TPSA) is 107 Å². The van der Waals surface area contributed by atoms with Gasteiger partial charge in [-0.05, 0) is 37.5 Å². The van der Waals surface area contributed by atoms with Crippen LogP contribution in [0.3, 0.4) is 0 Å². The summed E-state index contributed by atoms with van der Waals surface area (Å²) in [4.78, 5) is 15.5.